The van der Waals surface area contributed by atoms with Gasteiger partial charge in [-0.3, -0.25) is 14.6 Å². The Bertz CT molecular complexity index is 800. The molecule has 2 aromatic rings. The van der Waals surface area contributed by atoms with Crippen LogP contribution in [0, 0.1) is 5.41 Å². The summed E-state index contributed by atoms with van der Waals surface area (Å²) < 4.78 is 1.78. The molecule has 2 aromatic heterocycles. The molecule has 25 heavy (non-hydrogen) atoms. The quantitative estimate of drug-likeness (QED) is 0.926. The summed E-state index contributed by atoms with van der Waals surface area (Å²) in [5.74, 6) is 2.89. The average Bonchev–Trinajstić information content (AvgIpc) is 3.06. The minimum atomic E-state index is 0.0926. The van der Waals surface area contributed by atoms with E-state index < -0.39 is 0 Å². The maximum atomic E-state index is 13.0. The Hall–Kier alpha value is -2.18. The first kappa shape index (κ1) is 15.1. The number of aromatic nitrogens is 5. The number of nitrogens with zero attached hydrogens (tertiary/aromatic N) is 5. The van der Waals surface area contributed by atoms with E-state index in [2.05, 4.69) is 15.3 Å². The molecule has 5 rings (SSSR count). The van der Waals surface area contributed by atoms with Crippen LogP contribution in [0.15, 0.2) is 12.3 Å². The number of carbonyl (C=O) groups excluding carboxylic acids is 1. The van der Waals surface area contributed by atoms with Crippen molar-refractivity contribution in [2.75, 3.05) is 13.1 Å². The van der Waals surface area contributed by atoms with Crippen LogP contribution in [0.3, 0.4) is 0 Å². The molecule has 7 heteroatoms. The van der Waals surface area contributed by atoms with Crippen LogP contribution < -0.4 is 0 Å². The number of nitrogens with one attached hydrogen (secondary N) is 1. The predicted octanol–water partition coefficient (Wildman–Crippen LogP) is 2.31. The zero-order chi connectivity index (χ0) is 17.0. The topological polar surface area (TPSA) is 79.7 Å². The summed E-state index contributed by atoms with van der Waals surface area (Å²) in [5.41, 5.74) is 0.876. The predicted molar refractivity (Wildman–Crippen MR) is 91.2 cm³/mol. The van der Waals surface area contributed by atoms with Crippen LogP contribution in [0.5, 0.6) is 0 Å². The second kappa shape index (κ2) is 5.41. The first-order valence-corrected chi connectivity index (χ1v) is 9.43. The molecule has 1 atom stereocenters. The van der Waals surface area contributed by atoms with Crippen molar-refractivity contribution < 1.29 is 4.79 Å². The third kappa shape index (κ3) is 2.32. The van der Waals surface area contributed by atoms with Crippen molar-refractivity contribution in [3.8, 4) is 0 Å². The van der Waals surface area contributed by atoms with Gasteiger partial charge in [0.2, 0.25) is 0 Å². The first-order chi connectivity index (χ1) is 12.2. The second-order valence-corrected chi connectivity index (χ2v) is 7.84. The largest absolute Gasteiger partial charge is 0.336 e. The summed E-state index contributed by atoms with van der Waals surface area (Å²) in [6, 6.07) is 1.83. The Morgan fingerprint density at radius 1 is 1.40 bits per heavy atom. The summed E-state index contributed by atoms with van der Waals surface area (Å²) in [4.78, 5) is 19.8. The monoisotopic (exact) mass is 340 g/mol. The number of aryl methyl sites for hydroxylation is 1. The molecule has 3 fully saturated rings. The van der Waals surface area contributed by atoms with Crippen molar-refractivity contribution in [2.24, 2.45) is 5.41 Å². The fourth-order valence-electron chi connectivity index (χ4n) is 4.53. The van der Waals surface area contributed by atoms with Crippen LogP contribution in [-0.4, -0.2) is 48.9 Å². The summed E-state index contributed by atoms with van der Waals surface area (Å²) >= 11 is 0. The third-order valence-electron chi connectivity index (χ3n) is 6.31. The van der Waals surface area contributed by atoms with E-state index in [9.17, 15) is 4.79 Å². The van der Waals surface area contributed by atoms with Crippen molar-refractivity contribution in [3.63, 3.8) is 0 Å². The molecule has 3 heterocycles. The van der Waals surface area contributed by atoms with Gasteiger partial charge in [0.15, 0.2) is 5.82 Å². The highest BCUT2D eigenvalue weighted by Crippen LogP contribution is 2.55. The first-order valence-electron chi connectivity index (χ1n) is 9.43. The second-order valence-electron chi connectivity index (χ2n) is 7.84. The highest BCUT2D eigenvalue weighted by atomic mass is 16.2. The molecule has 0 radical (unpaired) electrons. The van der Waals surface area contributed by atoms with Gasteiger partial charge in [0.25, 0.3) is 5.91 Å². The van der Waals surface area contributed by atoms with Gasteiger partial charge < -0.3 is 4.90 Å². The van der Waals surface area contributed by atoms with Crippen LogP contribution in [0.4, 0.5) is 0 Å². The van der Waals surface area contributed by atoms with Gasteiger partial charge in [-0.05, 0) is 44.1 Å². The highest BCUT2D eigenvalue weighted by molar-refractivity contribution is 5.92. The smallest absolute Gasteiger partial charge is 0.272 e. The molecule has 3 aliphatic rings. The van der Waals surface area contributed by atoms with Gasteiger partial charge in [-0.2, -0.15) is 10.2 Å². The molecule has 1 N–H and O–H groups in total. The number of likely N-dealkylation sites (tertiary alicyclic amines) is 1. The maximum absolute atomic E-state index is 13.0. The van der Waals surface area contributed by atoms with Gasteiger partial charge in [-0.15, -0.1) is 0 Å². The number of carbonyl (C=O) groups is 1. The van der Waals surface area contributed by atoms with E-state index in [1.54, 1.807) is 10.9 Å². The van der Waals surface area contributed by atoms with Crippen LogP contribution >= 0.6 is 0 Å². The lowest BCUT2D eigenvalue weighted by Crippen LogP contribution is -2.38. The molecule has 0 aromatic carbocycles. The van der Waals surface area contributed by atoms with Crippen LogP contribution in [0.2, 0.25) is 0 Å². The fraction of sp³-hybridized carbons (Fsp3) is 0.667. The molecule has 0 bridgehead atoms. The van der Waals surface area contributed by atoms with Crippen molar-refractivity contribution >= 4 is 5.91 Å². The summed E-state index contributed by atoms with van der Waals surface area (Å²) in [7, 11) is 0. The van der Waals surface area contributed by atoms with E-state index in [1.165, 1.54) is 32.1 Å². The lowest BCUT2D eigenvalue weighted by Gasteiger charge is -2.41. The van der Waals surface area contributed by atoms with Crippen molar-refractivity contribution in [1.82, 2.24) is 29.9 Å². The van der Waals surface area contributed by atoms with Crippen LogP contribution in [0.1, 0.15) is 73.0 Å². The number of amides is 1. The SMILES string of the molecule is CCn1nccc1C(=O)N1CC(c2nc(C3CC3)n[nH]2)C2(CCC2)C1. The minimum absolute atomic E-state index is 0.0926. The minimum Gasteiger partial charge on any atom is -0.336 e. The van der Waals surface area contributed by atoms with E-state index in [1.807, 2.05) is 17.9 Å². The molecule has 1 unspecified atom stereocenters. The number of hydrogen-bond acceptors (Lipinski definition) is 4. The van der Waals surface area contributed by atoms with E-state index in [0.29, 0.717) is 18.2 Å². The molecule has 2 aliphatic carbocycles. The molecule has 7 nitrogen and oxygen atoms in total. The Balaban J connectivity index is 1.41. The Morgan fingerprint density at radius 2 is 2.24 bits per heavy atom. The van der Waals surface area contributed by atoms with Crippen molar-refractivity contribution in [2.45, 2.75) is 57.4 Å². The molecule has 1 saturated heterocycles. The lowest BCUT2D eigenvalue weighted by atomic mass is 9.62. The molecule has 132 valence electrons. The molecular weight excluding hydrogens is 316 g/mol. The van der Waals surface area contributed by atoms with Crippen molar-refractivity contribution in [3.05, 3.63) is 29.6 Å². The van der Waals surface area contributed by atoms with Gasteiger partial charge >= 0.3 is 0 Å². The van der Waals surface area contributed by atoms with E-state index in [4.69, 9.17) is 4.98 Å². The Morgan fingerprint density at radius 3 is 2.92 bits per heavy atom. The zero-order valence-electron chi connectivity index (χ0n) is 14.6. The van der Waals surface area contributed by atoms with Gasteiger partial charge in [0, 0.05) is 37.7 Å². The van der Waals surface area contributed by atoms with Crippen molar-refractivity contribution in [1.29, 1.82) is 0 Å². The Kier molecular flexibility index (Phi) is 3.27. The normalized spacial score (nSPS) is 24.7. The third-order valence-corrected chi connectivity index (χ3v) is 6.31. The summed E-state index contributed by atoms with van der Waals surface area (Å²) in [5, 5.41) is 11.9. The number of H-pyrrole nitrogens is 1. The van der Waals surface area contributed by atoms with E-state index in [-0.39, 0.29) is 17.2 Å². The number of hydrogen-bond donors (Lipinski definition) is 1. The van der Waals surface area contributed by atoms with E-state index in [0.717, 1.165) is 24.7 Å². The fourth-order valence-corrected chi connectivity index (χ4v) is 4.53. The van der Waals surface area contributed by atoms with Gasteiger partial charge in [0.05, 0.1) is 0 Å². The van der Waals surface area contributed by atoms with Gasteiger partial charge in [-0.1, -0.05) is 6.42 Å². The number of rotatable bonds is 4. The molecular formula is C18H24N6O. The standard InChI is InChI=1S/C18H24N6O/c1-2-24-14(6-9-19-24)17(25)23-10-13(18(11-23)7-3-8-18)16-20-15(21-22-16)12-4-5-12/h6,9,12-13H,2-5,7-8,10-11H2,1H3,(H,20,21,22). The van der Waals surface area contributed by atoms with Crippen LogP contribution in [0.25, 0.3) is 0 Å². The molecule has 1 aliphatic heterocycles. The van der Waals surface area contributed by atoms with Gasteiger partial charge in [0.1, 0.15) is 11.5 Å². The van der Waals surface area contributed by atoms with E-state index >= 15 is 0 Å². The Labute approximate surface area is 146 Å². The number of aromatic amines is 1. The zero-order valence-corrected chi connectivity index (χ0v) is 14.6. The van der Waals surface area contributed by atoms with Gasteiger partial charge in [-0.25, -0.2) is 4.98 Å². The molecule has 1 amide bonds. The molecule has 2 saturated carbocycles. The molecule has 1 spiro atoms. The summed E-state index contributed by atoms with van der Waals surface area (Å²) in [6.07, 6.45) is 7.72. The average molecular weight is 340 g/mol. The highest BCUT2D eigenvalue weighted by Gasteiger charge is 2.53. The maximum Gasteiger partial charge on any atom is 0.272 e. The lowest BCUT2D eigenvalue weighted by molar-refractivity contribution is 0.0712. The van der Waals surface area contributed by atoms with Crippen LogP contribution in [-0.2, 0) is 6.54 Å². The summed E-state index contributed by atoms with van der Waals surface area (Å²) in [6.45, 7) is 4.28.